The highest BCUT2D eigenvalue weighted by Gasteiger charge is 2.27. The number of carbonyl (C=O) groups is 2. The zero-order chi connectivity index (χ0) is 9.94. The fourth-order valence-corrected chi connectivity index (χ4v) is 0.316. The van der Waals surface area contributed by atoms with Crippen molar-refractivity contribution in [3.63, 3.8) is 0 Å². The van der Waals surface area contributed by atoms with E-state index in [-0.39, 0.29) is 0 Å². The Morgan fingerprint density at radius 3 is 2.08 bits per heavy atom. The van der Waals surface area contributed by atoms with Crippen LogP contribution in [-0.2, 0) is 14.3 Å². The Morgan fingerprint density at radius 2 is 1.83 bits per heavy atom. The Balaban J connectivity index is 4.12. The fraction of sp³-hybridized carbons (Fsp3) is 0.714. The summed E-state index contributed by atoms with van der Waals surface area (Å²) >= 11 is 0. The molecule has 0 spiro atoms. The molecule has 0 saturated carbocycles. The highest BCUT2D eigenvalue weighted by molar-refractivity contribution is 5.92. The first-order valence-corrected chi connectivity index (χ1v) is 3.55. The Bertz CT molecular complexity index is 193. The lowest BCUT2D eigenvalue weighted by Crippen LogP contribution is -2.45. The molecule has 0 heterocycles. The largest absolute Gasteiger partial charge is 0.391 e. The van der Waals surface area contributed by atoms with Crippen LogP contribution in [0.4, 0.5) is 0 Å². The first-order chi connectivity index (χ1) is 5.25. The molecule has 0 aliphatic rings. The summed E-state index contributed by atoms with van der Waals surface area (Å²) in [6, 6.07) is -0.809. The third-order valence-electron chi connectivity index (χ3n) is 1.09. The van der Waals surface area contributed by atoms with Crippen LogP contribution in [0.25, 0.3) is 0 Å². The number of hydrogen-bond acceptors (Lipinski definition) is 5. The summed E-state index contributed by atoms with van der Waals surface area (Å²) in [6.07, 6.45) is 0. The summed E-state index contributed by atoms with van der Waals surface area (Å²) in [5.41, 5.74) is 9.36. The maximum Gasteiger partial charge on any atom is 0.333 e. The van der Waals surface area contributed by atoms with Gasteiger partial charge in [0, 0.05) is 0 Å². The molecule has 5 nitrogen and oxygen atoms in total. The molecule has 4 N–H and O–H groups in total. The molecule has 0 radical (unpaired) electrons. The van der Waals surface area contributed by atoms with Crippen LogP contribution in [0.3, 0.4) is 0 Å². The summed E-state index contributed by atoms with van der Waals surface area (Å²) in [4.78, 5) is 21.7. The van der Waals surface area contributed by atoms with E-state index in [1.807, 2.05) is 0 Å². The highest BCUT2D eigenvalue weighted by Crippen LogP contribution is 2.00. The van der Waals surface area contributed by atoms with Gasteiger partial charge in [0.25, 0.3) is 0 Å². The molecule has 0 aromatic rings. The molecule has 0 aromatic heterocycles. The molecular weight excluding hydrogens is 160 g/mol. The minimum atomic E-state index is -1.16. The predicted octanol–water partition coefficient (Wildman–Crippen LogP) is -0.859. The molecule has 0 fully saturated rings. The van der Waals surface area contributed by atoms with E-state index in [1.54, 1.807) is 0 Å². The van der Waals surface area contributed by atoms with Crippen molar-refractivity contribution in [1.29, 1.82) is 0 Å². The number of carbonyl (C=O) groups excluding carboxylic acids is 2. The van der Waals surface area contributed by atoms with Gasteiger partial charge in [0.05, 0.1) is 0 Å². The molecule has 5 heteroatoms. The van der Waals surface area contributed by atoms with Gasteiger partial charge < -0.3 is 16.2 Å². The van der Waals surface area contributed by atoms with Crippen molar-refractivity contribution in [1.82, 2.24) is 0 Å². The van der Waals surface area contributed by atoms with Crippen molar-refractivity contribution in [3.05, 3.63) is 0 Å². The molecule has 70 valence electrons. The minimum Gasteiger partial charge on any atom is -0.391 e. The number of esters is 2. The van der Waals surface area contributed by atoms with Gasteiger partial charge in [-0.15, -0.1) is 0 Å². The molecule has 0 aromatic carbocycles. The van der Waals surface area contributed by atoms with Gasteiger partial charge in [0.2, 0.25) is 0 Å². The molecule has 0 amide bonds. The first kappa shape index (κ1) is 11.1. The molecule has 1 atom stereocenters. The molecule has 0 bridgehead atoms. The molecule has 1 unspecified atom stereocenters. The monoisotopic (exact) mass is 174 g/mol. The third kappa shape index (κ3) is 3.45. The molecular formula is C7H14N2O3. The van der Waals surface area contributed by atoms with Gasteiger partial charge in [-0.2, -0.15) is 0 Å². The Hall–Kier alpha value is -0.940. The summed E-state index contributed by atoms with van der Waals surface area (Å²) in [6.45, 7) is 4.33. The van der Waals surface area contributed by atoms with Gasteiger partial charge in [-0.05, 0) is 20.8 Å². The maximum absolute atomic E-state index is 11.0. The quantitative estimate of drug-likeness (QED) is 0.419. The van der Waals surface area contributed by atoms with Gasteiger partial charge in [-0.25, -0.2) is 9.59 Å². The second-order valence-electron chi connectivity index (χ2n) is 3.22. The van der Waals surface area contributed by atoms with Crippen molar-refractivity contribution in [2.24, 2.45) is 11.5 Å². The summed E-state index contributed by atoms with van der Waals surface area (Å²) in [5.74, 6) is -1.54. The minimum absolute atomic E-state index is 0.765. The Morgan fingerprint density at radius 1 is 1.42 bits per heavy atom. The first-order valence-electron chi connectivity index (χ1n) is 3.55. The van der Waals surface area contributed by atoms with Crippen molar-refractivity contribution in [2.45, 2.75) is 32.4 Å². The molecule has 0 aliphatic carbocycles. The lowest BCUT2D eigenvalue weighted by Gasteiger charge is -2.16. The van der Waals surface area contributed by atoms with Gasteiger partial charge in [-0.3, -0.25) is 0 Å². The van der Waals surface area contributed by atoms with Crippen molar-refractivity contribution in [2.75, 3.05) is 0 Å². The zero-order valence-corrected chi connectivity index (χ0v) is 7.46. The van der Waals surface area contributed by atoms with Gasteiger partial charge in [-0.1, -0.05) is 0 Å². The molecule has 0 saturated heterocycles. The van der Waals surface area contributed by atoms with E-state index in [4.69, 9.17) is 11.5 Å². The molecule has 12 heavy (non-hydrogen) atoms. The van der Waals surface area contributed by atoms with E-state index in [9.17, 15) is 9.59 Å². The van der Waals surface area contributed by atoms with Crippen LogP contribution >= 0.6 is 0 Å². The van der Waals surface area contributed by atoms with Crippen LogP contribution in [-0.4, -0.2) is 23.5 Å². The van der Waals surface area contributed by atoms with Gasteiger partial charge >= 0.3 is 11.9 Å². The second kappa shape index (κ2) is 3.64. The number of hydrogen-bond donors (Lipinski definition) is 2. The van der Waals surface area contributed by atoms with Gasteiger partial charge in [0.1, 0.15) is 11.6 Å². The van der Waals surface area contributed by atoms with Crippen LogP contribution < -0.4 is 11.5 Å². The Labute approximate surface area is 71.0 Å². The van der Waals surface area contributed by atoms with Crippen molar-refractivity contribution >= 4 is 11.9 Å². The van der Waals surface area contributed by atoms with Crippen LogP contribution in [0.2, 0.25) is 0 Å². The topological polar surface area (TPSA) is 95.4 Å². The van der Waals surface area contributed by atoms with Crippen LogP contribution in [0.15, 0.2) is 0 Å². The van der Waals surface area contributed by atoms with E-state index in [1.165, 1.54) is 20.8 Å². The standard InChI is InChI=1S/C7H14N2O3/c1-4(8)5(10)12-6(11)7(2,3)9/h4H,8-9H2,1-3H3. The zero-order valence-electron chi connectivity index (χ0n) is 7.46. The van der Waals surface area contributed by atoms with Crippen LogP contribution in [0, 0.1) is 0 Å². The summed E-state index contributed by atoms with van der Waals surface area (Å²) in [7, 11) is 0. The maximum atomic E-state index is 11.0. The number of nitrogens with two attached hydrogens (primary N) is 2. The SMILES string of the molecule is CC(N)C(=O)OC(=O)C(C)(C)N. The van der Waals surface area contributed by atoms with Crippen LogP contribution in [0.1, 0.15) is 20.8 Å². The van der Waals surface area contributed by atoms with E-state index >= 15 is 0 Å². The van der Waals surface area contributed by atoms with E-state index < -0.39 is 23.5 Å². The normalized spacial score (nSPS) is 13.8. The molecule has 0 rings (SSSR count). The fourth-order valence-electron chi connectivity index (χ4n) is 0.316. The second-order valence-corrected chi connectivity index (χ2v) is 3.22. The van der Waals surface area contributed by atoms with E-state index in [2.05, 4.69) is 4.74 Å². The highest BCUT2D eigenvalue weighted by atomic mass is 16.6. The average Bonchev–Trinajstić information content (AvgIpc) is 1.85. The predicted molar refractivity (Wildman–Crippen MR) is 43.0 cm³/mol. The van der Waals surface area contributed by atoms with Crippen LogP contribution in [0.5, 0.6) is 0 Å². The summed E-state index contributed by atoms with van der Waals surface area (Å²) in [5, 5.41) is 0. The molecule has 0 aliphatic heterocycles. The number of rotatable bonds is 2. The van der Waals surface area contributed by atoms with Crippen molar-refractivity contribution < 1.29 is 14.3 Å². The van der Waals surface area contributed by atoms with Gasteiger partial charge in [0.15, 0.2) is 0 Å². The number of ether oxygens (including phenoxy) is 1. The Kier molecular flexibility index (Phi) is 3.36. The average molecular weight is 174 g/mol. The lowest BCUT2D eigenvalue weighted by atomic mass is 10.1. The lowest BCUT2D eigenvalue weighted by molar-refractivity contribution is -0.163. The smallest absolute Gasteiger partial charge is 0.333 e. The van der Waals surface area contributed by atoms with E-state index in [0.717, 1.165) is 0 Å². The summed E-state index contributed by atoms with van der Waals surface area (Å²) < 4.78 is 4.35. The van der Waals surface area contributed by atoms with E-state index in [0.29, 0.717) is 0 Å². The van der Waals surface area contributed by atoms with Crippen molar-refractivity contribution in [3.8, 4) is 0 Å². The third-order valence-corrected chi connectivity index (χ3v) is 1.09.